The molecule has 5 rings (SSSR count). The minimum atomic E-state index is -0.317. The fourth-order valence-electron chi connectivity index (χ4n) is 4.72. The van der Waals surface area contributed by atoms with Gasteiger partial charge in [0, 0.05) is 47.9 Å². The van der Waals surface area contributed by atoms with E-state index in [-0.39, 0.29) is 18.6 Å². The summed E-state index contributed by atoms with van der Waals surface area (Å²) in [6, 6.07) is 20.2. The maximum atomic E-state index is 12.8. The number of hydrogen-bond donors (Lipinski definition) is 2. The number of nitriles is 2. The Hall–Kier alpha value is -5.13. The Morgan fingerprint density at radius 1 is 1.13 bits per heavy atom. The standard InChI is InChI=1S/C34H31ClN6O4/c1-41(2)12-5-8-33(42)40-30-15-27-29(16-32(30)45-26-11-13-43-21-26)38-19-24(18-37)34(27)39-25-9-10-31(28(35)14-25)44-20-23-7-4-3-6-22(23)17-36/h3-10,14-16,19,26H,11-13,20-21H2,1-2H3,(H,38,39)(H,40,42)/b8-5+/t26-/m0/s1. The van der Waals surface area contributed by atoms with Crippen LogP contribution in [0.5, 0.6) is 11.5 Å². The zero-order chi connectivity index (χ0) is 31.8. The average molecular weight is 623 g/mol. The molecule has 1 amide bonds. The quantitative estimate of drug-likeness (QED) is 0.188. The molecule has 0 bridgehead atoms. The minimum absolute atomic E-state index is 0.158. The lowest BCUT2D eigenvalue weighted by atomic mass is 10.1. The van der Waals surface area contributed by atoms with Gasteiger partial charge in [0.25, 0.3) is 0 Å². The van der Waals surface area contributed by atoms with Crippen LogP contribution in [0, 0.1) is 22.7 Å². The van der Waals surface area contributed by atoms with E-state index in [0.29, 0.717) is 75.4 Å². The molecular weight excluding hydrogens is 592 g/mol. The summed E-state index contributed by atoms with van der Waals surface area (Å²) in [6.07, 6.45) is 5.30. The van der Waals surface area contributed by atoms with Crippen LogP contribution in [0.4, 0.5) is 17.1 Å². The van der Waals surface area contributed by atoms with Gasteiger partial charge in [-0.25, -0.2) is 0 Å². The maximum Gasteiger partial charge on any atom is 0.248 e. The second-order valence-corrected chi connectivity index (χ2v) is 11.0. The normalized spacial score (nSPS) is 14.3. The molecule has 1 fully saturated rings. The van der Waals surface area contributed by atoms with Crippen LogP contribution in [0.2, 0.25) is 5.02 Å². The van der Waals surface area contributed by atoms with E-state index in [2.05, 4.69) is 27.8 Å². The number of pyridine rings is 1. The SMILES string of the molecule is CN(C)C/C=C/C(=O)Nc1cc2c(Nc3ccc(OCc4ccccc4C#N)c(Cl)c3)c(C#N)cnc2cc1O[C@H]1CCOC1. The summed E-state index contributed by atoms with van der Waals surface area (Å²) < 4.78 is 17.6. The molecule has 0 aliphatic carbocycles. The highest BCUT2D eigenvalue weighted by Crippen LogP contribution is 2.38. The van der Waals surface area contributed by atoms with Crippen LogP contribution in [-0.2, 0) is 16.1 Å². The fraction of sp³-hybridized carbons (Fsp3) is 0.235. The van der Waals surface area contributed by atoms with Crippen molar-refractivity contribution in [1.82, 2.24) is 9.88 Å². The summed E-state index contributed by atoms with van der Waals surface area (Å²) in [5.74, 6) is 0.584. The smallest absolute Gasteiger partial charge is 0.248 e. The van der Waals surface area contributed by atoms with E-state index in [9.17, 15) is 15.3 Å². The molecule has 228 valence electrons. The van der Waals surface area contributed by atoms with E-state index in [4.69, 9.17) is 25.8 Å². The monoisotopic (exact) mass is 622 g/mol. The number of fused-ring (bicyclic) bond motifs is 1. The molecule has 11 heteroatoms. The van der Waals surface area contributed by atoms with Crippen LogP contribution < -0.4 is 20.1 Å². The number of anilines is 3. The highest BCUT2D eigenvalue weighted by molar-refractivity contribution is 6.32. The second kappa shape index (κ2) is 14.6. The van der Waals surface area contributed by atoms with Crippen molar-refractivity contribution in [3.63, 3.8) is 0 Å². The molecule has 2 N–H and O–H groups in total. The molecule has 1 atom stereocenters. The van der Waals surface area contributed by atoms with Crippen LogP contribution in [0.25, 0.3) is 10.9 Å². The van der Waals surface area contributed by atoms with Gasteiger partial charge in [0.1, 0.15) is 30.3 Å². The highest BCUT2D eigenvalue weighted by Gasteiger charge is 2.21. The Morgan fingerprint density at radius 2 is 1.96 bits per heavy atom. The molecule has 2 heterocycles. The molecule has 4 aromatic rings. The van der Waals surface area contributed by atoms with Gasteiger partial charge in [-0.15, -0.1) is 0 Å². The number of benzene rings is 3. The molecule has 1 saturated heterocycles. The first-order valence-electron chi connectivity index (χ1n) is 14.3. The summed E-state index contributed by atoms with van der Waals surface area (Å²) in [4.78, 5) is 19.3. The lowest BCUT2D eigenvalue weighted by molar-refractivity contribution is -0.111. The topological polar surface area (TPSA) is 133 Å². The molecule has 0 spiro atoms. The Labute approximate surface area is 266 Å². The van der Waals surface area contributed by atoms with Gasteiger partial charge >= 0.3 is 0 Å². The lowest BCUT2D eigenvalue weighted by Crippen LogP contribution is -2.18. The largest absolute Gasteiger partial charge is 0.487 e. The summed E-state index contributed by atoms with van der Waals surface area (Å²) in [7, 11) is 3.83. The molecule has 3 aromatic carbocycles. The maximum absolute atomic E-state index is 12.8. The zero-order valence-electron chi connectivity index (χ0n) is 24.8. The van der Waals surface area contributed by atoms with Crippen molar-refractivity contribution in [1.29, 1.82) is 10.5 Å². The first-order valence-corrected chi connectivity index (χ1v) is 14.6. The Bertz CT molecular complexity index is 1820. The van der Waals surface area contributed by atoms with Crippen LogP contribution in [0.1, 0.15) is 23.1 Å². The van der Waals surface area contributed by atoms with Crippen LogP contribution in [0.15, 0.2) is 72.9 Å². The second-order valence-electron chi connectivity index (χ2n) is 10.6. The molecule has 1 aliphatic rings. The van der Waals surface area contributed by atoms with Gasteiger partial charge in [0.05, 0.1) is 52.3 Å². The summed E-state index contributed by atoms with van der Waals surface area (Å²) in [6.45, 7) is 1.84. The zero-order valence-corrected chi connectivity index (χ0v) is 25.6. The molecular formula is C34H31ClN6O4. The van der Waals surface area contributed by atoms with Gasteiger partial charge in [0.2, 0.25) is 5.91 Å². The molecule has 45 heavy (non-hydrogen) atoms. The first-order chi connectivity index (χ1) is 21.8. The van der Waals surface area contributed by atoms with E-state index in [1.54, 1.807) is 48.5 Å². The van der Waals surface area contributed by atoms with Crippen LogP contribution >= 0.6 is 11.6 Å². The molecule has 1 aromatic heterocycles. The number of carbonyl (C=O) groups is 1. The van der Waals surface area contributed by atoms with Gasteiger partial charge in [-0.2, -0.15) is 10.5 Å². The Kier molecular flexibility index (Phi) is 10.1. The number of halogens is 1. The van der Waals surface area contributed by atoms with E-state index in [1.165, 1.54) is 12.3 Å². The summed E-state index contributed by atoms with van der Waals surface area (Å²) in [5, 5.41) is 26.5. The lowest BCUT2D eigenvalue weighted by Gasteiger charge is -2.19. The predicted octanol–water partition coefficient (Wildman–Crippen LogP) is 6.18. The Morgan fingerprint density at radius 3 is 2.69 bits per heavy atom. The third-order valence-corrected chi connectivity index (χ3v) is 7.29. The van der Waals surface area contributed by atoms with E-state index in [1.807, 2.05) is 31.1 Å². The number of rotatable bonds is 11. The van der Waals surface area contributed by atoms with Crippen LogP contribution in [-0.4, -0.2) is 55.7 Å². The number of ether oxygens (including phenoxy) is 3. The van der Waals surface area contributed by atoms with E-state index in [0.717, 1.165) is 12.0 Å². The summed E-state index contributed by atoms with van der Waals surface area (Å²) in [5.41, 5.74) is 3.68. The van der Waals surface area contributed by atoms with E-state index >= 15 is 0 Å². The van der Waals surface area contributed by atoms with Gasteiger partial charge in [-0.05, 0) is 44.4 Å². The van der Waals surface area contributed by atoms with Gasteiger partial charge < -0.3 is 29.7 Å². The van der Waals surface area contributed by atoms with E-state index < -0.39 is 0 Å². The predicted molar refractivity (Wildman–Crippen MR) is 173 cm³/mol. The number of likely N-dealkylation sites (N-methyl/N-ethyl adjacent to an activating group) is 1. The first kappa shape index (κ1) is 31.3. The summed E-state index contributed by atoms with van der Waals surface area (Å²) >= 11 is 6.58. The van der Waals surface area contributed by atoms with Crippen molar-refractivity contribution < 1.29 is 19.0 Å². The van der Waals surface area contributed by atoms with Crippen molar-refractivity contribution >= 4 is 45.5 Å². The number of nitrogens with one attached hydrogen (secondary N) is 2. The van der Waals surface area contributed by atoms with Gasteiger partial charge in [-0.3, -0.25) is 9.78 Å². The molecule has 0 unspecified atom stereocenters. The van der Waals surface area contributed by atoms with Crippen molar-refractivity contribution in [3.05, 3.63) is 94.7 Å². The Balaban J connectivity index is 1.45. The minimum Gasteiger partial charge on any atom is -0.487 e. The van der Waals surface area contributed by atoms with Crippen molar-refractivity contribution in [2.45, 2.75) is 19.1 Å². The number of hydrogen-bond acceptors (Lipinski definition) is 9. The van der Waals surface area contributed by atoms with Crippen molar-refractivity contribution in [2.24, 2.45) is 0 Å². The van der Waals surface area contributed by atoms with Gasteiger partial charge in [0.15, 0.2) is 0 Å². The van der Waals surface area contributed by atoms with Gasteiger partial charge in [-0.1, -0.05) is 35.9 Å². The fourth-order valence-corrected chi connectivity index (χ4v) is 4.95. The van der Waals surface area contributed by atoms with Crippen molar-refractivity contribution in [2.75, 3.05) is 44.5 Å². The number of aromatic nitrogens is 1. The number of nitrogens with zero attached hydrogens (tertiary/aromatic N) is 4. The molecule has 0 radical (unpaired) electrons. The number of carbonyl (C=O) groups excluding carboxylic acids is 1. The third-order valence-electron chi connectivity index (χ3n) is 6.99. The third kappa shape index (κ3) is 7.88. The van der Waals surface area contributed by atoms with Crippen LogP contribution in [0.3, 0.4) is 0 Å². The molecule has 10 nitrogen and oxygen atoms in total. The highest BCUT2D eigenvalue weighted by atomic mass is 35.5. The molecule has 1 aliphatic heterocycles. The molecule has 0 saturated carbocycles. The van der Waals surface area contributed by atoms with Crippen molar-refractivity contribution in [3.8, 4) is 23.6 Å². The number of amides is 1. The average Bonchev–Trinajstić information content (AvgIpc) is 3.54.